The third-order valence-corrected chi connectivity index (χ3v) is 2.48. The number of carbonyl (C=O) groups excluding carboxylic acids is 1. The molecule has 0 aromatic heterocycles. The van der Waals surface area contributed by atoms with Crippen molar-refractivity contribution in [3.8, 4) is 0 Å². The zero-order valence-electron chi connectivity index (χ0n) is 11.4. The van der Waals surface area contributed by atoms with Crippen LogP contribution >= 0.6 is 0 Å². The van der Waals surface area contributed by atoms with E-state index in [1.54, 1.807) is 19.2 Å². The maximum absolute atomic E-state index is 11.5. The Kier molecular flexibility index (Phi) is 7.81. The number of carbonyl (C=O) groups is 1. The van der Waals surface area contributed by atoms with Gasteiger partial charge in [-0.25, -0.2) is 4.79 Å². The summed E-state index contributed by atoms with van der Waals surface area (Å²) in [7, 11) is 2.99. The lowest BCUT2D eigenvalue weighted by Crippen LogP contribution is -2.10. The molecule has 0 atom stereocenters. The summed E-state index contributed by atoms with van der Waals surface area (Å²) in [6.07, 6.45) is 0. The summed E-state index contributed by atoms with van der Waals surface area (Å²) in [5.74, 6) is -0.351. The van der Waals surface area contributed by atoms with Crippen LogP contribution in [0.2, 0.25) is 0 Å². The third-order valence-electron chi connectivity index (χ3n) is 2.48. The molecule has 0 fully saturated rings. The molecule has 0 aliphatic carbocycles. The first-order chi connectivity index (χ1) is 9.29. The second-order valence-electron chi connectivity index (χ2n) is 3.81. The van der Waals surface area contributed by atoms with Gasteiger partial charge in [-0.1, -0.05) is 18.2 Å². The quantitative estimate of drug-likeness (QED) is 0.503. The Balaban J connectivity index is 2.31. The third kappa shape index (κ3) is 5.83. The highest BCUT2D eigenvalue weighted by atomic mass is 16.5. The second kappa shape index (κ2) is 9.49. The summed E-state index contributed by atoms with van der Waals surface area (Å²) in [5.41, 5.74) is 1.34. The van der Waals surface area contributed by atoms with Crippen LogP contribution in [0.3, 0.4) is 0 Å². The number of hydrogen-bond acceptors (Lipinski definition) is 5. The number of esters is 1. The SMILES string of the molecule is COCCOCCOCc1ccccc1C(=O)OC. The first-order valence-electron chi connectivity index (χ1n) is 6.10. The Bertz CT molecular complexity index is 378. The van der Waals surface area contributed by atoms with Gasteiger partial charge in [0.05, 0.1) is 45.7 Å². The van der Waals surface area contributed by atoms with Crippen molar-refractivity contribution >= 4 is 5.97 Å². The molecule has 19 heavy (non-hydrogen) atoms. The van der Waals surface area contributed by atoms with Crippen molar-refractivity contribution in [2.45, 2.75) is 6.61 Å². The minimum atomic E-state index is -0.351. The zero-order chi connectivity index (χ0) is 13.9. The molecule has 0 spiro atoms. The van der Waals surface area contributed by atoms with E-state index in [4.69, 9.17) is 18.9 Å². The molecule has 5 heteroatoms. The highest BCUT2D eigenvalue weighted by Gasteiger charge is 2.10. The van der Waals surface area contributed by atoms with Crippen molar-refractivity contribution < 1.29 is 23.7 Å². The molecule has 0 unspecified atom stereocenters. The molecule has 0 radical (unpaired) electrons. The fourth-order valence-corrected chi connectivity index (χ4v) is 1.50. The number of hydrogen-bond donors (Lipinski definition) is 0. The fraction of sp³-hybridized carbons (Fsp3) is 0.500. The average molecular weight is 268 g/mol. The van der Waals surface area contributed by atoms with Gasteiger partial charge in [0, 0.05) is 7.11 Å². The van der Waals surface area contributed by atoms with Gasteiger partial charge in [-0.15, -0.1) is 0 Å². The average Bonchev–Trinajstić information content (AvgIpc) is 2.46. The van der Waals surface area contributed by atoms with Crippen LogP contribution in [0.15, 0.2) is 24.3 Å². The zero-order valence-corrected chi connectivity index (χ0v) is 11.4. The first kappa shape index (κ1) is 15.6. The Labute approximate surface area is 113 Å². The molecule has 5 nitrogen and oxygen atoms in total. The summed E-state index contributed by atoms with van der Waals surface area (Å²) >= 11 is 0. The van der Waals surface area contributed by atoms with Crippen molar-refractivity contribution in [3.05, 3.63) is 35.4 Å². The summed E-state index contributed by atoms with van der Waals surface area (Å²) in [6, 6.07) is 7.22. The van der Waals surface area contributed by atoms with E-state index < -0.39 is 0 Å². The van der Waals surface area contributed by atoms with Crippen LogP contribution in [0.25, 0.3) is 0 Å². The lowest BCUT2D eigenvalue weighted by Gasteiger charge is -2.09. The van der Waals surface area contributed by atoms with Crippen molar-refractivity contribution in [2.75, 3.05) is 40.6 Å². The molecule has 0 bridgehead atoms. The molecule has 0 heterocycles. The van der Waals surface area contributed by atoms with E-state index in [1.165, 1.54) is 7.11 Å². The van der Waals surface area contributed by atoms with Gasteiger partial charge in [-0.3, -0.25) is 0 Å². The van der Waals surface area contributed by atoms with Crippen molar-refractivity contribution in [3.63, 3.8) is 0 Å². The molecule has 0 aliphatic rings. The van der Waals surface area contributed by atoms with E-state index in [9.17, 15) is 4.79 Å². The molecule has 0 amide bonds. The largest absolute Gasteiger partial charge is 0.465 e. The fourth-order valence-electron chi connectivity index (χ4n) is 1.50. The molecule has 1 aromatic rings. The molecule has 0 saturated carbocycles. The smallest absolute Gasteiger partial charge is 0.338 e. The normalized spacial score (nSPS) is 10.4. The van der Waals surface area contributed by atoms with E-state index in [0.717, 1.165) is 5.56 Å². The van der Waals surface area contributed by atoms with Crippen LogP contribution in [0.5, 0.6) is 0 Å². The van der Waals surface area contributed by atoms with E-state index in [-0.39, 0.29) is 5.97 Å². The van der Waals surface area contributed by atoms with Crippen LogP contribution in [-0.2, 0) is 25.6 Å². The molecular weight excluding hydrogens is 248 g/mol. The molecular formula is C14H20O5. The second-order valence-corrected chi connectivity index (χ2v) is 3.81. The number of ether oxygens (including phenoxy) is 4. The van der Waals surface area contributed by atoms with Crippen LogP contribution in [0.1, 0.15) is 15.9 Å². The van der Waals surface area contributed by atoms with Crippen LogP contribution in [0, 0.1) is 0 Å². The highest BCUT2D eigenvalue weighted by molar-refractivity contribution is 5.90. The molecule has 0 aliphatic heterocycles. The van der Waals surface area contributed by atoms with Gasteiger partial charge in [0.2, 0.25) is 0 Å². The predicted octanol–water partition coefficient (Wildman–Crippen LogP) is 1.65. The monoisotopic (exact) mass is 268 g/mol. The number of methoxy groups -OCH3 is 2. The number of rotatable bonds is 9. The molecule has 106 valence electrons. The Morgan fingerprint density at radius 2 is 1.68 bits per heavy atom. The Morgan fingerprint density at radius 1 is 1.00 bits per heavy atom. The van der Waals surface area contributed by atoms with Gasteiger partial charge in [-0.05, 0) is 11.6 Å². The molecule has 0 saturated heterocycles. The van der Waals surface area contributed by atoms with Crippen molar-refractivity contribution in [1.29, 1.82) is 0 Å². The maximum Gasteiger partial charge on any atom is 0.338 e. The highest BCUT2D eigenvalue weighted by Crippen LogP contribution is 2.11. The van der Waals surface area contributed by atoms with Gasteiger partial charge < -0.3 is 18.9 Å². The first-order valence-corrected chi connectivity index (χ1v) is 6.10. The van der Waals surface area contributed by atoms with Gasteiger partial charge in [0.25, 0.3) is 0 Å². The maximum atomic E-state index is 11.5. The topological polar surface area (TPSA) is 54.0 Å². The minimum absolute atomic E-state index is 0.351. The van der Waals surface area contributed by atoms with Crippen LogP contribution in [-0.4, -0.2) is 46.6 Å². The van der Waals surface area contributed by atoms with E-state index >= 15 is 0 Å². The van der Waals surface area contributed by atoms with Gasteiger partial charge in [-0.2, -0.15) is 0 Å². The predicted molar refractivity (Wildman–Crippen MR) is 70.1 cm³/mol. The summed E-state index contributed by atoms with van der Waals surface area (Å²) in [5, 5.41) is 0. The summed E-state index contributed by atoms with van der Waals surface area (Å²) in [6.45, 7) is 2.46. The van der Waals surface area contributed by atoms with Crippen molar-refractivity contribution in [2.24, 2.45) is 0 Å². The standard InChI is InChI=1S/C14H20O5/c1-16-7-8-18-9-10-19-11-12-5-3-4-6-13(12)14(15)17-2/h3-6H,7-11H2,1-2H3. The van der Waals surface area contributed by atoms with E-state index in [1.807, 2.05) is 12.1 Å². The summed E-state index contributed by atoms with van der Waals surface area (Å²) in [4.78, 5) is 11.5. The molecule has 1 rings (SSSR count). The van der Waals surface area contributed by atoms with E-state index in [2.05, 4.69) is 0 Å². The molecule has 0 N–H and O–H groups in total. The Hall–Kier alpha value is -1.43. The van der Waals surface area contributed by atoms with Crippen LogP contribution < -0.4 is 0 Å². The van der Waals surface area contributed by atoms with Gasteiger partial charge >= 0.3 is 5.97 Å². The van der Waals surface area contributed by atoms with E-state index in [0.29, 0.717) is 38.6 Å². The lowest BCUT2D eigenvalue weighted by atomic mass is 10.1. The Morgan fingerprint density at radius 3 is 2.42 bits per heavy atom. The van der Waals surface area contributed by atoms with Gasteiger partial charge in [0.15, 0.2) is 0 Å². The van der Waals surface area contributed by atoms with Gasteiger partial charge in [0.1, 0.15) is 0 Å². The van der Waals surface area contributed by atoms with Crippen molar-refractivity contribution in [1.82, 2.24) is 0 Å². The lowest BCUT2D eigenvalue weighted by molar-refractivity contribution is 0.0196. The molecule has 1 aromatic carbocycles. The minimum Gasteiger partial charge on any atom is -0.465 e. The summed E-state index contributed by atoms with van der Waals surface area (Å²) < 4.78 is 20.3. The number of benzene rings is 1. The van der Waals surface area contributed by atoms with Crippen LogP contribution in [0.4, 0.5) is 0 Å².